The van der Waals surface area contributed by atoms with Gasteiger partial charge in [0.15, 0.2) is 0 Å². The number of aryl methyl sites for hydroxylation is 1. The predicted octanol–water partition coefficient (Wildman–Crippen LogP) is 5.87. The fourth-order valence-corrected chi connectivity index (χ4v) is 2.85. The molecule has 0 spiro atoms. The molecule has 0 radical (unpaired) electrons. The summed E-state index contributed by atoms with van der Waals surface area (Å²) in [5, 5.41) is 4.82. The van der Waals surface area contributed by atoms with Gasteiger partial charge in [-0.1, -0.05) is 52.5 Å². The van der Waals surface area contributed by atoms with Gasteiger partial charge in [-0.15, -0.1) is 0 Å². The summed E-state index contributed by atoms with van der Waals surface area (Å²) in [6.45, 7) is 0. The van der Waals surface area contributed by atoms with Crippen molar-refractivity contribution in [3.8, 4) is 0 Å². The lowest BCUT2D eigenvalue weighted by atomic mass is 10.1. The van der Waals surface area contributed by atoms with Gasteiger partial charge in [-0.05, 0) is 42.3 Å². The van der Waals surface area contributed by atoms with Crippen molar-refractivity contribution >= 4 is 58.0 Å². The van der Waals surface area contributed by atoms with Gasteiger partial charge in [-0.3, -0.25) is 4.79 Å². The van der Waals surface area contributed by atoms with Crippen LogP contribution < -0.4 is 5.32 Å². The molecule has 0 heterocycles. The maximum Gasteiger partial charge on any atom is 0.224 e. The van der Waals surface area contributed by atoms with Gasteiger partial charge < -0.3 is 5.32 Å². The number of hydrogen-bond acceptors (Lipinski definition) is 1. The quantitative estimate of drug-likeness (QED) is 0.723. The van der Waals surface area contributed by atoms with E-state index in [4.69, 9.17) is 46.4 Å². The fourth-order valence-electron chi connectivity index (χ4n) is 1.82. The number of halogens is 4. The van der Waals surface area contributed by atoms with E-state index >= 15 is 0 Å². The van der Waals surface area contributed by atoms with Crippen LogP contribution in [0.4, 0.5) is 5.69 Å². The Morgan fingerprint density at radius 3 is 2.19 bits per heavy atom. The van der Waals surface area contributed by atoms with Gasteiger partial charge in [0.1, 0.15) is 0 Å². The molecule has 2 aromatic rings. The second kappa shape index (κ2) is 7.37. The van der Waals surface area contributed by atoms with Crippen molar-refractivity contribution in [1.82, 2.24) is 0 Å². The first kappa shape index (κ1) is 16.4. The van der Waals surface area contributed by atoms with Gasteiger partial charge in [0.2, 0.25) is 5.91 Å². The number of carbonyl (C=O) groups excluding carboxylic acids is 1. The molecule has 2 aromatic carbocycles. The predicted molar refractivity (Wildman–Crippen MR) is 89.9 cm³/mol. The Bertz CT molecular complexity index is 652. The van der Waals surface area contributed by atoms with Crippen LogP contribution in [-0.4, -0.2) is 5.91 Å². The molecular weight excluding hydrogens is 352 g/mol. The zero-order chi connectivity index (χ0) is 15.4. The van der Waals surface area contributed by atoms with Crippen LogP contribution in [0.1, 0.15) is 12.0 Å². The first-order valence-corrected chi connectivity index (χ1v) is 7.65. The molecule has 0 aliphatic heterocycles. The summed E-state index contributed by atoms with van der Waals surface area (Å²) in [6.07, 6.45) is 0.821. The van der Waals surface area contributed by atoms with E-state index in [0.717, 1.165) is 5.56 Å². The Kier molecular flexibility index (Phi) is 5.77. The van der Waals surface area contributed by atoms with Crippen LogP contribution in [-0.2, 0) is 11.2 Å². The molecule has 1 N–H and O–H groups in total. The molecule has 6 heteroatoms. The number of amides is 1. The van der Waals surface area contributed by atoms with Crippen LogP contribution in [0.25, 0.3) is 0 Å². The van der Waals surface area contributed by atoms with E-state index in [-0.39, 0.29) is 5.91 Å². The lowest BCUT2D eigenvalue weighted by Crippen LogP contribution is -2.12. The topological polar surface area (TPSA) is 29.1 Å². The summed E-state index contributed by atoms with van der Waals surface area (Å²) in [5.41, 5.74) is 1.44. The molecule has 0 atom stereocenters. The standard InChI is InChI=1S/C15H11Cl4NO/c16-10-3-1-9(14(19)8-10)2-4-15(21)20-13-6-11(17)5-12(18)7-13/h1,3,5-8H,2,4H2,(H,20,21). The van der Waals surface area contributed by atoms with Crippen molar-refractivity contribution in [3.05, 3.63) is 62.1 Å². The number of benzene rings is 2. The Balaban J connectivity index is 1.95. The van der Waals surface area contributed by atoms with E-state index in [9.17, 15) is 4.79 Å². The lowest BCUT2D eigenvalue weighted by molar-refractivity contribution is -0.116. The minimum atomic E-state index is -0.139. The van der Waals surface area contributed by atoms with Crippen LogP contribution in [0, 0.1) is 0 Å². The third kappa shape index (κ3) is 5.08. The average molecular weight is 363 g/mol. The van der Waals surface area contributed by atoms with Crippen molar-refractivity contribution < 1.29 is 4.79 Å². The summed E-state index contributed by atoms with van der Waals surface area (Å²) in [5.74, 6) is -0.139. The van der Waals surface area contributed by atoms with Crippen molar-refractivity contribution in [1.29, 1.82) is 0 Å². The second-order valence-electron chi connectivity index (χ2n) is 4.44. The molecule has 0 bridgehead atoms. The average Bonchev–Trinajstić information content (AvgIpc) is 2.36. The van der Waals surface area contributed by atoms with Gasteiger partial charge in [-0.2, -0.15) is 0 Å². The van der Waals surface area contributed by atoms with Crippen molar-refractivity contribution in [2.75, 3.05) is 5.32 Å². The van der Waals surface area contributed by atoms with Crippen LogP contribution in [0.15, 0.2) is 36.4 Å². The van der Waals surface area contributed by atoms with Crippen molar-refractivity contribution in [3.63, 3.8) is 0 Å². The molecule has 0 fully saturated rings. The summed E-state index contributed by atoms with van der Waals surface area (Å²) in [7, 11) is 0. The first-order chi connectivity index (χ1) is 9.94. The van der Waals surface area contributed by atoms with Gasteiger partial charge in [-0.25, -0.2) is 0 Å². The van der Waals surface area contributed by atoms with Crippen molar-refractivity contribution in [2.45, 2.75) is 12.8 Å². The Hall–Kier alpha value is -0.930. The Labute approximate surface area is 143 Å². The molecular formula is C15H11Cl4NO. The van der Waals surface area contributed by atoms with Gasteiger partial charge >= 0.3 is 0 Å². The van der Waals surface area contributed by atoms with E-state index in [1.54, 1.807) is 30.3 Å². The molecule has 21 heavy (non-hydrogen) atoms. The highest BCUT2D eigenvalue weighted by atomic mass is 35.5. The zero-order valence-corrected chi connectivity index (χ0v) is 13.8. The highest BCUT2D eigenvalue weighted by Crippen LogP contribution is 2.24. The highest BCUT2D eigenvalue weighted by molar-refractivity contribution is 6.35. The Morgan fingerprint density at radius 2 is 1.57 bits per heavy atom. The third-order valence-electron chi connectivity index (χ3n) is 2.78. The third-order valence-corrected chi connectivity index (χ3v) is 3.81. The van der Waals surface area contributed by atoms with Crippen LogP contribution in [0.2, 0.25) is 20.1 Å². The molecule has 0 aliphatic rings. The van der Waals surface area contributed by atoms with E-state index in [0.29, 0.717) is 38.6 Å². The minimum Gasteiger partial charge on any atom is -0.326 e. The van der Waals surface area contributed by atoms with Crippen LogP contribution in [0.5, 0.6) is 0 Å². The zero-order valence-electron chi connectivity index (χ0n) is 10.8. The molecule has 0 unspecified atom stereocenters. The van der Waals surface area contributed by atoms with E-state index in [1.165, 1.54) is 0 Å². The normalized spacial score (nSPS) is 10.5. The maximum absolute atomic E-state index is 11.9. The van der Waals surface area contributed by atoms with E-state index in [1.807, 2.05) is 6.07 Å². The fraction of sp³-hybridized carbons (Fsp3) is 0.133. The summed E-state index contributed by atoms with van der Waals surface area (Å²) in [6, 6.07) is 10.1. The smallest absolute Gasteiger partial charge is 0.224 e. The summed E-state index contributed by atoms with van der Waals surface area (Å²) >= 11 is 23.6. The van der Waals surface area contributed by atoms with E-state index < -0.39 is 0 Å². The maximum atomic E-state index is 11.9. The van der Waals surface area contributed by atoms with Crippen molar-refractivity contribution in [2.24, 2.45) is 0 Å². The van der Waals surface area contributed by atoms with Gasteiger partial charge in [0.25, 0.3) is 0 Å². The number of rotatable bonds is 4. The Morgan fingerprint density at radius 1 is 0.905 bits per heavy atom. The molecule has 2 nitrogen and oxygen atoms in total. The molecule has 110 valence electrons. The summed E-state index contributed by atoms with van der Waals surface area (Å²) in [4.78, 5) is 11.9. The molecule has 0 saturated carbocycles. The van der Waals surface area contributed by atoms with Crippen LogP contribution >= 0.6 is 46.4 Å². The largest absolute Gasteiger partial charge is 0.326 e. The number of anilines is 1. The highest BCUT2D eigenvalue weighted by Gasteiger charge is 2.07. The second-order valence-corrected chi connectivity index (χ2v) is 6.16. The lowest BCUT2D eigenvalue weighted by Gasteiger charge is -2.07. The molecule has 0 aliphatic carbocycles. The first-order valence-electron chi connectivity index (χ1n) is 6.14. The SMILES string of the molecule is O=C(CCc1ccc(Cl)cc1Cl)Nc1cc(Cl)cc(Cl)c1. The number of nitrogens with one attached hydrogen (secondary N) is 1. The number of carbonyl (C=O) groups is 1. The molecule has 0 aromatic heterocycles. The van der Waals surface area contributed by atoms with Gasteiger partial charge in [0, 0.05) is 32.2 Å². The molecule has 0 saturated heterocycles. The number of hydrogen-bond donors (Lipinski definition) is 1. The summed E-state index contributed by atoms with van der Waals surface area (Å²) < 4.78 is 0. The monoisotopic (exact) mass is 361 g/mol. The minimum absolute atomic E-state index is 0.139. The molecule has 2 rings (SSSR count). The van der Waals surface area contributed by atoms with Gasteiger partial charge in [0.05, 0.1) is 0 Å². The molecule has 1 amide bonds. The van der Waals surface area contributed by atoms with Crippen LogP contribution in [0.3, 0.4) is 0 Å². The van der Waals surface area contributed by atoms with E-state index in [2.05, 4.69) is 5.32 Å².